The molecule has 1 heteroatoms. The van der Waals surface area contributed by atoms with Crippen LogP contribution in [0.5, 0.6) is 0 Å². The molecule has 0 radical (unpaired) electrons. The highest BCUT2D eigenvalue weighted by Crippen LogP contribution is 2.68. The first-order valence-corrected chi connectivity index (χ1v) is 5.10. The number of benzene rings is 1. The minimum absolute atomic E-state index is 0.251. The minimum atomic E-state index is 0.251. The van der Waals surface area contributed by atoms with Crippen LogP contribution in [0.15, 0.2) is 30.3 Å². The second kappa shape index (κ2) is 2.35. The summed E-state index contributed by atoms with van der Waals surface area (Å²) in [5, 5.41) is 0. The van der Waals surface area contributed by atoms with E-state index in [1.54, 1.807) is 0 Å². The van der Waals surface area contributed by atoms with Crippen LogP contribution in [0, 0.1) is 5.41 Å². The zero-order chi connectivity index (χ0) is 8.82. The smallest absolute Gasteiger partial charge is 0.0563 e. The highest BCUT2D eigenvalue weighted by Gasteiger charge is 2.60. The molecule has 1 atom stereocenters. The standard InChI is InChI=1S/C11H13Br/c1-10(2)8-11(10,12)9-6-4-3-5-7-9/h3-7H,8H2,1-2H3. The van der Waals surface area contributed by atoms with Gasteiger partial charge in [0.05, 0.1) is 4.32 Å². The van der Waals surface area contributed by atoms with E-state index in [1.807, 2.05) is 0 Å². The monoisotopic (exact) mass is 224 g/mol. The van der Waals surface area contributed by atoms with E-state index >= 15 is 0 Å². The van der Waals surface area contributed by atoms with Crippen molar-refractivity contribution in [2.24, 2.45) is 5.41 Å². The maximum Gasteiger partial charge on any atom is 0.0563 e. The first kappa shape index (κ1) is 8.31. The van der Waals surface area contributed by atoms with E-state index in [2.05, 4.69) is 60.1 Å². The lowest BCUT2D eigenvalue weighted by atomic mass is 10.0. The molecule has 1 aromatic rings. The van der Waals surface area contributed by atoms with E-state index in [4.69, 9.17) is 0 Å². The molecule has 0 N–H and O–H groups in total. The number of hydrogen-bond donors (Lipinski definition) is 0. The van der Waals surface area contributed by atoms with Crippen molar-refractivity contribution in [1.82, 2.24) is 0 Å². The van der Waals surface area contributed by atoms with Crippen LogP contribution in [0.4, 0.5) is 0 Å². The topological polar surface area (TPSA) is 0 Å². The van der Waals surface area contributed by atoms with Crippen LogP contribution in [-0.2, 0) is 4.32 Å². The first-order valence-electron chi connectivity index (χ1n) is 4.31. The van der Waals surface area contributed by atoms with Crippen molar-refractivity contribution in [1.29, 1.82) is 0 Å². The second-order valence-electron chi connectivity index (χ2n) is 4.23. The van der Waals surface area contributed by atoms with Crippen LogP contribution in [0.25, 0.3) is 0 Å². The minimum Gasteiger partial charge on any atom is -0.0795 e. The van der Waals surface area contributed by atoms with Gasteiger partial charge < -0.3 is 0 Å². The lowest BCUT2D eigenvalue weighted by molar-refractivity contribution is 0.605. The average Bonchev–Trinajstić information content (AvgIpc) is 2.55. The number of rotatable bonds is 1. The molecule has 0 spiro atoms. The molecular weight excluding hydrogens is 212 g/mol. The molecule has 1 fully saturated rings. The van der Waals surface area contributed by atoms with Gasteiger partial charge in [-0.05, 0) is 17.4 Å². The molecule has 1 aliphatic rings. The third-order valence-corrected chi connectivity index (χ3v) is 4.68. The Labute approximate surface area is 82.1 Å². The fraction of sp³-hybridized carbons (Fsp3) is 0.455. The van der Waals surface area contributed by atoms with Crippen LogP contribution in [0.3, 0.4) is 0 Å². The lowest BCUT2D eigenvalue weighted by Crippen LogP contribution is -2.04. The quantitative estimate of drug-likeness (QED) is 0.639. The number of hydrogen-bond acceptors (Lipinski definition) is 0. The summed E-state index contributed by atoms with van der Waals surface area (Å²) in [6.45, 7) is 4.60. The van der Waals surface area contributed by atoms with Crippen LogP contribution >= 0.6 is 15.9 Å². The fourth-order valence-corrected chi connectivity index (χ4v) is 2.73. The van der Waals surface area contributed by atoms with Crippen molar-refractivity contribution in [3.8, 4) is 0 Å². The van der Waals surface area contributed by atoms with E-state index in [-0.39, 0.29) is 4.32 Å². The molecule has 0 nitrogen and oxygen atoms in total. The molecule has 2 rings (SSSR count). The Bertz CT molecular complexity index is 289. The Kier molecular flexibility index (Phi) is 1.63. The van der Waals surface area contributed by atoms with Crippen LogP contribution in [-0.4, -0.2) is 0 Å². The van der Waals surface area contributed by atoms with Crippen molar-refractivity contribution in [3.05, 3.63) is 35.9 Å². The summed E-state index contributed by atoms with van der Waals surface area (Å²) in [6.07, 6.45) is 1.24. The van der Waals surface area contributed by atoms with Gasteiger partial charge >= 0.3 is 0 Å². The molecule has 0 saturated heterocycles. The van der Waals surface area contributed by atoms with Crippen molar-refractivity contribution in [2.75, 3.05) is 0 Å². The molecule has 0 heterocycles. The lowest BCUT2D eigenvalue weighted by Gasteiger charge is -2.12. The van der Waals surface area contributed by atoms with Gasteiger partial charge in [0.15, 0.2) is 0 Å². The van der Waals surface area contributed by atoms with Gasteiger partial charge in [0, 0.05) is 0 Å². The first-order chi connectivity index (χ1) is 5.56. The third-order valence-electron chi connectivity index (χ3n) is 2.86. The average molecular weight is 225 g/mol. The van der Waals surface area contributed by atoms with Crippen molar-refractivity contribution >= 4 is 15.9 Å². The van der Waals surface area contributed by atoms with E-state index in [1.165, 1.54) is 12.0 Å². The molecule has 1 saturated carbocycles. The molecule has 1 aliphatic carbocycles. The van der Waals surface area contributed by atoms with Gasteiger partial charge in [-0.2, -0.15) is 0 Å². The maximum absolute atomic E-state index is 3.82. The summed E-state index contributed by atoms with van der Waals surface area (Å²) in [5.74, 6) is 0. The van der Waals surface area contributed by atoms with Crippen LogP contribution < -0.4 is 0 Å². The zero-order valence-corrected chi connectivity index (χ0v) is 9.06. The summed E-state index contributed by atoms with van der Waals surface area (Å²) in [5.41, 5.74) is 1.84. The summed E-state index contributed by atoms with van der Waals surface area (Å²) in [4.78, 5) is 0. The van der Waals surface area contributed by atoms with Gasteiger partial charge in [0.2, 0.25) is 0 Å². The van der Waals surface area contributed by atoms with Crippen LogP contribution in [0.2, 0.25) is 0 Å². The highest BCUT2D eigenvalue weighted by atomic mass is 79.9. The van der Waals surface area contributed by atoms with Crippen molar-refractivity contribution in [3.63, 3.8) is 0 Å². The van der Waals surface area contributed by atoms with Crippen molar-refractivity contribution in [2.45, 2.75) is 24.6 Å². The van der Waals surface area contributed by atoms with Gasteiger partial charge in [-0.25, -0.2) is 0 Å². The van der Waals surface area contributed by atoms with E-state index < -0.39 is 0 Å². The third kappa shape index (κ3) is 1.03. The largest absolute Gasteiger partial charge is 0.0795 e. The van der Waals surface area contributed by atoms with Gasteiger partial charge in [-0.3, -0.25) is 0 Å². The summed E-state index contributed by atoms with van der Waals surface area (Å²) >= 11 is 3.82. The van der Waals surface area contributed by atoms with Gasteiger partial charge in [-0.15, -0.1) is 0 Å². The summed E-state index contributed by atoms with van der Waals surface area (Å²) in [7, 11) is 0. The molecular formula is C11H13Br. The molecule has 12 heavy (non-hydrogen) atoms. The van der Waals surface area contributed by atoms with Gasteiger partial charge in [0.25, 0.3) is 0 Å². The van der Waals surface area contributed by atoms with E-state index in [9.17, 15) is 0 Å². The Balaban J connectivity index is 2.35. The fourth-order valence-electron chi connectivity index (χ4n) is 1.76. The SMILES string of the molecule is CC1(C)CC1(Br)c1ccccc1. The summed E-state index contributed by atoms with van der Waals surface area (Å²) in [6, 6.07) is 10.7. The molecule has 1 unspecified atom stereocenters. The molecule has 0 aliphatic heterocycles. The molecule has 1 aromatic carbocycles. The van der Waals surface area contributed by atoms with Crippen molar-refractivity contribution < 1.29 is 0 Å². The Morgan fingerprint density at radius 3 is 2.08 bits per heavy atom. The molecule has 64 valence electrons. The number of alkyl halides is 1. The predicted octanol–water partition coefficient (Wildman–Crippen LogP) is 3.71. The van der Waals surface area contributed by atoms with Gasteiger partial charge in [0.1, 0.15) is 0 Å². The van der Waals surface area contributed by atoms with Crippen LogP contribution in [0.1, 0.15) is 25.8 Å². The molecule has 0 bridgehead atoms. The summed E-state index contributed by atoms with van der Waals surface area (Å²) < 4.78 is 0.251. The Morgan fingerprint density at radius 1 is 1.17 bits per heavy atom. The molecule has 0 aromatic heterocycles. The Hall–Kier alpha value is -0.300. The van der Waals surface area contributed by atoms with Gasteiger partial charge in [-0.1, -0.05) is 60.1 Å². The highest BCUT2D eigenvalue weighted by molar-refractivity contribution is 9.09. The van der Waals surface area contributed by atoms with E-state index in [0.717, 1.165) is 0 Å². The van der Waals surface area contributed by atoms with E-state index in [0.29, 0.717) is 5.41 Å². The molecule has 0 amide bonds. The Morgan fingerprint density at radius 2 is 1.67 bits per heavy atom. The normalized spacial score (nSPS) is 31.6. The zero-order valence-electron chi connectivity index (χ0n) is 7.47. The number of halogens is 1. The maximum atomic E-state index is 3.82. The second-order valence-corrected chi connectivity index (χ2v) is 5.58. The predicted molar refractivity (Wildman–Crippen MR) is 55.4 cm³/mol.